The minimum Gasteiger partial charge on any atom is -0.493 e. The van der Waals surface area contributed by atoms with Gasteiger partial charge in [-0.1, -0.05) is 66.7 Å². The van der Waals surface area contributed by atoms with E-state index in [-0.39, 0.29) is 18.0 Å². The van der Waals surface area contributed by atoms with E-state index in [1.54, 1.807) is 15.9 Å². The average Bonchev–Trinajstić information content (AvgIpc) is 2.89. The lowest BCUT2D eigenvalue weighted by Gasteiger charge is -2.35. The van der Waals surface area contributed by atoms with Crippen LogP contribution in [0.1, 0.15) is 35.8 Å². The predicted octanol–water partition coefficient (Wildman–Crippen LogP) is 4.98. The summed E-state index contributed by atoms with van der Waals surface area (Å²) in [5.74, 6) is 0.537. The molecule has 176 valence electrons. The first-order chi connectivity index (χ1) is 16.6. The Morgan fingerprint density at radius 1 is 0.853 bits per heavy atom. The highest BCUT2D eigenvalue weighted by Crippen LogP contribution is 2.28. The quantitative estimate of drug-likeness (QED) is 0.568. The number of carbonyl (C=O) groups is 2. The summed E-state index contributed by atoms with van der Waals surface area (Å²) in [6, 6.07) is 25.4. The van der Waals surface area contributed by atoms with Crippen LogP contribution in [0.15, 0.2) is 78.9 Å². The van der Waals surface area contributed by atoms with Crippen molar-refractivity contribution in [1.82, 2.24) is 15.1 Å². The maximum atomic E-state index is 13.0. The molecule has 3 amide bonds. The van der Waals surface area contributed by atoms with Gasteiger partial charge in [-0.3, -0.25) is 4.79 Å². The van der Waals surface area contributed by atoms with Crippen LogP contribution < -0.4 is 10.1 Å². The highest BCUT2D eigenvalue weighted by Gasteiger charge is 2.27. The molecule has 1 aliphatic rings. The second-order valence-corrected chi connectivity index (χ2v) is 8.33. The Balaban J connectivity index is 1.37. The van der Waals surface area contributed by atoms with Crippen molar-refractivity contribution < 1.29 is 14.3 Å². The Morgan fingerprint density at radius 3 is 2.21 bits per heavy atom. The molecule has 0 bridgehead atoms. The van der Waals surface area contributed by atoms with Crippen LogP contribution in [0.25, 0.3) is 11.1 Å². The zero-order valence-corrected chi connectivity index (χ0v) is 19.7. The molecule has 1 aliphatic heterocycles. The summed E-state index contributed by atoms with van der Waals surface area (Å²) in [6.45, 7) is 6.36. The van der Waals surface area contributed by atoms with Crippen LogP contribution in [0.2, 0.25) is 0 Å². The van der Waals surface area contributed by atoms with Crippen molar-refractivity contribution in [2.45, 2.75) is 19.9 Å². The summed E-state index contributed by atoms with van der Waals surface area (Å²) in [4.78, 5) is 29.6. The third-order valence-corrected chi connectivity index (χ3v) is 6.12. The van der Waals surface area contributed by atoms with E-state index in [4.69, 9.17) is 4.74 Å². The molecule has 1 heterocycles. The minimum absolute atomic E-state index is 0.0609. The predicted molar refractivity (Wildman–Crippen MR) is 134 cm³/mol. The van der Waals surface area contributed by atoms with E-state index in [0.29, 0.717) is 44.1 Å². The van der Waals surface area contributed by atoms with E-state index in [0.717, 1.165) is 16.7 Å². The average molecular weight is 458 g/mol. The number of rotatable bonds is 6. The van der Waals surface area contributed by atoms with Crippen LogP contribution in [0.5, 0.6) is 5.75 Å². The summed E-state index contributed by atoms with van der Waals surface area (Å²) in [5.41, 5.74) is 3.87. The summed E-state index contributed by atoms with van der Waals surface area (Å²) < 4.78 is 5.61. The van der Waals surface area contributed by atoms with E-state index in [9.17, 15) is 9.59 Å². The molecule has 0 spiro atoms. The number of para-hydroxylation sites is 1. The highest BCUT2D eigenvalue weighted by molar-refractivity contribution is 5.97. The van der Waals surface area contributed by atoms with Crippen molar-refractivity contribution in [2.24, 2.45) is 0 Å². The van der Waals surface area contributed by atoms with Crippen molar-refractivity contribution in [3.63, 3.8) is 0 Å². The van der Waals surface area contributed by atoms with Crippen LogP contribution in [-0.2, 0) is 0 Å². The second kappa shape index (κ2) is 10.9. The first-order valence-electron chi connectivity index (χ1n) is 11.8. The third kappa shape index (κ3) is 5.22. The number of ether oxygens (including phenoxy) is 1. The maximum absolute atomic E-state index is 13.0. The van der Waals surface area contributed by atoms with Crippen molar-refractivity contribution >= 4 is 11.9 Å². The fourth-order valence-corrected chi connectivity index (χ4v) is 4.32. The molecule has 4 rings (SSSR count). The van der Waals surface area contributed by atoms with Crippen LogP contribution >= 0.6 is 0 Å². The fraction of sp³-hybridized carbons (Fsp3) is 0.286. The normalized spacial score (nSPS) is 14.4. The molecule has 34 heavy (non-hydrogen) atoms. The Hall–Kier alpha value is -3.80. The van der Waals surface area contributed by atoms with Gasteiger partial charge in [0.25, 0.3) is 5.91 Å². The highest BCUT2D eigenvalue weighted by atomic mass is 16.5. The first kappa shape index (κ1) is 23.4. The van der Waals surface area contributed by atoms with Gasteiger partial charge in [0.2, 0.25) is 0 Å². The number of benzene rings is 3. The first-order valence-corrected chi connectivity index (χ1v) is 11.8. The van der Waals surface area contributed by atoms with E-state index in [1.165, 1.54) is 0 Å². The molecule has 3 aromatic rings. The SMILES string of the molecule is CCOc1ccccc1C(=O)N1CCN(C(=O)NC(C)c2ccccc2-c2ccccc2)CC1. The Bertz CT molecular complexity index is 1120. The molecule has 6 nitrogen and oxygen atoms in total. The molecule has 1 fully saturated rings. The van der Waals surface area contributed by atoms with Gasteiger partial charge in [-0.25, -0.2) is 4.79 Å². The smallest absolute Gasteiger partial charge is 0.317 e. The zero-order valence-electron chi connectivity index (χ0n) is 19.7. The van der Waals surface area contributed by atoms with Gasteiger partial charge in [0.15, 0.2) is 0 Å². The fourth-order valence-electron chi connectivity index (χ4n) is 4.32. The number of urea groups is 1. The zero-order chi connectivity index (χ0) is 23.9. The molecule has 1 unspecified atom stereocenters. The molecule has 0 aliphatic carbocycles. The number of nitrogens with one attached hydrogen (secondary N) is 1. The summed E-state index contributed by atoms with van der Waals surface area (Å²) in [6.07, 6.45) is 0. The Morgan fingerprint density at radius 2 is 1.47 bits per heavy atom. The largest absolute Gasteiger partial charge is 0.493 e. The van der Waals surface area contributed by atoms with Gasteiger partial charge in [-0.15, -0.1) is 0 Å². The molecule has 0 radical (unpaired) electrons. The Labute approximate surface area is 201 Å². The number of piperazine rings is 1. The summed E-state index contributed by atoms with van der Waals surface area (Å²) in [7, 11) is 0. The number of amides is 3. The maximum Gasteiger partial charge on any atom is 0.317 e. The molecule has 3 aromatic carbocycles. The minimum atomic E-state index is -0.151. The van der Waals surface area contributed by atoms with E-state index >= 15 is 0 Å². The van der Waals surface area contributed by atoms with Gasteiger partial charge < -0.3 is 19.9 Å². The summed E-state index contributed by atoms with van der Waals surface area (Å²) >= 11 is 0. The number of carbonyl (C=O) groups excluding carboxylic acids is 2. The lowest BCUT2D eigenvalue weighted by atomic mass is 9.95. The van der Waals surface area contributed by atoms with Crippen LogP contribution in [0.3, 0.4) is 0 Å². The molecule has 1 N–H and O–H groups in total. The molecular weight excluding hydrogens is 426 g/mol. The molecular formula is C28H31N3O3. The monoisotopic (exact) mass is 457 g/mol. The van der Waals surface area contributed by atoms with Crippen molar-refractivity contribution in [2.75, 3.05) is 32.8 Å². The topological polar surface area (TPSA) is 61.9 Å². The van der Waals surface area contributed by atoms with E-state index < -0.39 is 0 Å². The van der Waals surface area contributed by atoms with Gasteiger partial charge in [0.1, 0.15) is 5.75 Å². The van der Waals surface area contributed by atoms with E-state index in [2.05, 4.69) is 29.6 Å². The molecule has 1 atom stereocenters. The standard InChI is InChI=1S/C28H31N3O3/c1-3-34-26-16-10-9-15-25(26)27(32)30-17-19-31(20-18-30)28(33)29-21(2)23-13-7-8-14-24(23)22-11-5-4-6-12-22/h4-16,21H,3,17-20H2,1-2H3,(H,29,33). The molecule has 6 heteroatoms. The lowest BCUT2D eigenvalue weighted by molar-refractivity contribution is 0.0659. The van der Waals surface area contributed by atoms with Crippen LogP contribution in [0.4, 0.5) is 4.79 Å². The van der Waals surface area contributed by atoms with Gasteiger partial charge in [0.05, 0.1) is 18.2 Å². The molecule has 0 saturated carbocycles. The molecule has 0 aromatic heterocycles. The van der Waals surface area contributed by atoms with Crippen LogP contribution in [-0.4, -0.2) is 54.5 Å². The van der Waals surface area contributed by atoms with Crippen molar-refractivity contribution in [1.29, 1.82) is 0 Å². The van der Waals surface area contributed by atoms with Gasteiger partial charge >= 0.3 is 6.03 Å². The third-order valence-electron chi connectivity index (χ3n) is 6.12. The number of hydrogen-bond acceptors (Lipinski definition) is 3. The van der Waals surface area contributed by atoms with Crippen LogP contribution in [0, 0.1) is 0 Å². The summed E-state index contributed by atoms with van der Waals surface area (Å²) in [5, 5.41) is 3.14. The molecule has 1 saturated heterocycles. The van der Waals surface area contributed by atoms with Crippen molar-refractivity contribution in [3.8, 4) is 16.9 Å². The van der Waals surface area contributed by atoms with Gasteiger partial charge in [0, 0.05) is 26.2 Å². The van der Waals surface area contributed by atoms with Crippen molar-refractivity contribution in [3.05, 3.63) is 90.0 Å². The van der Waals surface area contributed by atoms with Gasteiger partial charge in [-0.05, 0) is 42.7 Å². The van der Waals surface area contributed by atoms with Gasteiger partial charge in [-0.2, -0.15) is 0 Å². The second-order valence-electron chi connectivity index (χ2n) is 8.33. The number of hydrogen-bond donors (Lipinski definition) is 1. The lowest BCUT2D eigenvalue weighted by Crippen LogP contribution is -2.53. The Kier molecular flexibility index (Phi) is 7.48. The number of nitrogens with zero attached hydrogens (tertiary/aromatic N) is 2. The van der Waals surface area contributed by atoms with E-state index in [1.807, 2.05) is 62.4 Å².